The fourth-order valence-corrected chi connectivity index (χ4v) is 0.948. The fraction of sp³-hybridized carbons (Fsp3) is 0.364. The summed E-state index contributed by atoms with van der Waals surface area (Å²) in [5.41, 5.74) is 0. The lowest BCUT2D eigenvalue weighted by molar-refractivity contribution is 0.102. The third-order valence-electron chi connectivity index (χ3n) is 1.64. The van der Waals surface area contributed by atoms with Crippen LogP contribution in [0, 0.1) is 5.92 Å². The van der Waals surface area contributed by atoms with Crippen LogP contribution in [0.4, 0.5) is 0 Å². The molecular formula is C11H14O2. The molecule has 2 nitrogen and oxygen atoms in total. The lowest BCUT2D eigenvalue weighted by atomic mass is 10.1. The molecule has 0 amide bonds. The number of carbonyl (C=O) groups excluding carboxylic acids is 1. The lowest BCUT2D eigenvalue weighted by Crippen LogP contribution is -1.91. The SMILES string of the molecule is CC(C)C/C=C/C(=O)c1ccco1. The molecule has 0 spiro atoms. The maximum atomic E-state index is 11.3. The zero-order valence-electron chi connectivity index (χ0n) is 7.99. The molecule has 0 aromatic carbocycles. The Morgan fingerprint density at radius 1 is 1.62 bits per heavy atom. The molecule has 0 aliphatic heterocycles. The van der Waals surface area contributed by atoms with Gasteiger partial charge in [0.25, 0.3) is 0 Å². The molecule has 1 aromatic heterocycles. The minimum atomic E-state index is -0.0642. The van der Waals surface area contributed by atoms with Crippen molar-refractivity contribution >= 4 is 5.78 Å². The third kappa shape index (κ3) is 3.28. The van der Waals surface area contributed by atoms with Gasteiger partial charge in [-0.2, -0.15) is 0 Å². The zero-order chi connectivity index (χ0) is 9.68. The molecule has 0 radical (unpaired) electrons. The number of rotatable bonds is 4. The number of hydrogen-bond acceptors (Lipinski definition) is 2. The van der Waals surface area contributed by atoms with Crippen LogP contribution in [0.1, 0.15) is 30.8 Å². The molecule has 0 N–H and O–H groups in total. The van der Waals surface area contributed by atoms with Crippen molar-refractivity contribution in [3.05, 3.63) is 36.3 Å². The molecule has 70 valence electrons. The van der Waals surface area contributed by atoms with Gasteiger partial charge in [0.15, 0.2) is 5.76 Å². The maximum absolute atomic E-state index is 11.3. The Morgan fingerprint density at radius 3 is 2.92 bits per heavy atom. The number of allylic oxidation sites excluding steroid dienone is 2. The second kappa shape index (κ2) is 4.65. The molecule has 1 aromatic rings. The van der Waals surface area contributed by atoms with Gasteiger partial charge in [-0.15, -0.1) is 0 Å². The van der Waals surface area contributed by atoms with E-state index in [1.54, 1.807) is 18.2 Å². The number of furan rings is 1. The average molecular weight is 178 g/mol. The minimum absolute atomic E-state index is 0.0642. The van der Waals surface area contributed by atoms with Gasteiger partial charge < -0.3 is 4.42 Å². The standard InChI is InChI=1S/C11H14O2/c1-9(2)5-3-6-10(12)11-7-4-8-13-11/h3-4,6-9H,5H2,1-2H3/b6-3+. The fourth-order valence-electron chi connectivity index (χ4n) is 0.948. The van der Waals surface area contributed by atoms with Crippen molar-refractivity contribution in [2.45, 2.75) is 20.3 Å². The van der Waals surface area contributed by atoms with Crippen molar-refractivity contribution in [3.63, 3.8) is 0 Å². The van der Waals surface area contributed by atoms with Crippen LogP contribution in [0.15, 0.2) is 35.0 Å². The molecule has 1 heterocycles. The summed E-state index contributed by atoms with van der Waals surface area (Å²) in [5, 5.41) is 0. The predicted molar refractivity (Wildman–Crippen MR) is 51.6 cm³/mol. The largest absolute Gasteiger partial charge is 0.461 e. The van der Waals surface area contributed by atoms with Crippen molar-refractivity contribution in [2.75, 3.05) is 0 Å². The van der Waals surface area contributed by atoms with Crippen molar-refractivity contribution in [1.29, 1.82) is 0 Å². The summed E-state index contributed by atoms with van der Waals surface area (Å²) in [7, 11) is 0. The van der Waals surface area contributed by atoms with E-state index < -0.39 is 0 Å². The van der Waals surface area contributed by atoms with Gasteiger partial charge in [0, 0.05) is 0 Å². The molecule has 2 heteroatoms. The molecular weight excluding hydrogens is 164 g/mol. The molecule has 0 fully saturated rings. The van der Waals surface area contributed by atoms with Gasteiger partial charge >= 0.3 is 0 Å². The van der Waals surface area contributed by atoms with Gasteiger partial charge in [-0.3, -0.25) is 4.79 Å². The summed E-state index contributed by atoms with van der Waals surface area (Å²) in [6, 6.07) is 3.38. The van der Waals surface area contributed by atoms with E-state index in [1.165, 1.54) is 6.26 Å². The van der Waals surface area contributed by atoms with Crippen LogP contribution in [0.2, 0.25) is 0 Å². The van der Waals surface area contributed by atoms with Crippen LogP contribution in [-0.4, -0.2) is 5.78 Å². The Balaban J connectivity index is 2.47. The summed E-state index contributed by atoms with van der Waals surface area (Å²) in [6.07, 6.45) is 5.88. The van der Waals surface area contributed by atoms with Crippen LogP contribution in [-0.2, 0) is 0 Å². The molecule has 0 unspecified atom stereocenters. The monoisotopic (exact) mass is 178 g/mol. The van der Waals surface area contributed by atoms with E-state index in [2.05, 4.69) is 13.8 Å². The molecule has 0 atom stereocenters. The van der Waals surface area contributed by atoms with Crippen LogP contribution >= 0.6 is 0 Å². The highest BCUT2D eigenvalue weighted by Gasteiger charge is 2.02. The van der Waals surface area contributed by atoms with Crippen molar-refractivity contribution in [1.82, 2.24) is 0 Å². The highest BCUT2D eigenvalue weighted by molar-refractivity contribution is 6.02. The van der Waals surface area contributed by atoms with E-state index in [0.29, 0.717) is 11.7 Å². The van der Waals surface area contributed by atoms with Crippen LogP contribution in [0.3, 0.4) is 0 Å². The number of carbonyl (C=O) groups is 1. The van der Waals surface area contributed by atoms with E-state index in [4.69, 9.17) is 4.42 Å². The van der Waals surface area contributed by atoms with Crippen molar-refractivity contribution in [2.24, 2.45) is 5.92 Å². The van der Waals surface area contributed by atoms with E-state index >= 15 is 0 Å². The first-order valence-electron chi connectivity index (χ1n) is 4.44. The van der Waals surface area contributed by atoms with Crippen LogP contribution < -0.4 is 0 Å². The number of ketones is 1. The first-order valence-corrected chi connectivity index (χ1v) is 4.44. The summed E-state index contributed by atoms with van der Waals surface area (Å²) in [4.78, 5) is 11.3. The first-order chi connectivity index (χ1) is 6.20. The molecule has 0 saturated heterocycles. The normalized spacial score (nSPS) is 11.3. The third-order valence-corrected chi connectivity index (χ3v) is 1.64. The Labute approximate surface area is 78.3 Å². The topological polar surface area (TPSA) is 30.2 Å². The van der Waals surface area contributed by atoms with Gasteiger partial charge in [0.1, 0.15) is 0 Å². The quantitative estimate of drug-likeness (QED) is 0.524. The van der Waals surface area contributed by atoms with Crippen molar-refractivity contribution < 1.29 is 9.21 Å². The molecule has 0 aliphatic rings. The number of hydrogen-bond donors (Lipinski definition) is 0. The van der Waals surface area contributed by atoms with Gasteiger partial charge in [0.2, 0.25) is 5.78 Å². The Hall–Kier alpha value is -1.31. The van der Waals surface area contributed by atoms with Gasteiger partial charge in [-0.1, -0.05) is 19.9 Å². The molecule has 0 aliphatic carbocycles. The van der Waals surface area contributed by atoms with E-state index in [0.717, 1.165) is 6.42 Å². The Kier molecular flexibility index (Phi) is 3.50. The Morgan fingerprint density at radius 2 is 2.38 bits per heavy atom. The second-order valence-corrected chi connectivity index (χ2v) is 3.37. The molecule has 1 rings (SSSR count). The molecule has 0 saturated carbocycles. The first kappa shape index (κ1) is 9.78. The highest BCUT2D eigenvalue weighted by atomic mass is 16.3. The molecule has 0 bridgehead atoms. The summed E-state index contributed by atoms with van der Waals surface area (Å²) in [5.74, 6) is 0.923. The summed E-state index contributed by atoms with van der Waals surface area (Å²) >= 11 is 0. The van der Waals surface area contributed by atoms with Crippen LogP contribution in [0.5, 0.6) is 0 Å². The highest BCUT2D eigenvalue weighted by Crippen LogP contribution is 2.04. The predicted octanol–water partition coefficient (Wildman–Crippen LogP) is 3.06. The van der Waals surface area contributed by atoms with E-state index in [1.807, 2.05) is 6.08 Å². The Bertz CT molecular complexity index is 281. The van der Waals surface area contributed by atoms with Gasteiger partial charge in [0.05, 0.1) is 6.26 Å². The van der Waals surface area contributed by atoms with E-state index in [-0.39, 0.29) is 5.78 Å². The van der Waals surface area contributed by atoms with E-state index in [9.17, 15) is 4.79 Å². The summed E-state index contributed by atoms with van der Waals surface area (Å²) < 4.78 is 4.95. The minimum Gasteiger partial charge on any atom is -0.461 e. The second-order valence-electron chi connectivity index (χ2n) is 3.37. The average Bonchev–Trinajstić information content (AvgIpc) is 2.55. The summed E-state index contributed by atoms with van der Waals surface area (Å²) in [6.45, 7) is 4.23. The van der Waals surface area contributed by atoms with Gasteiger partial charge in [-0.05, 0) is 30.5 Å². The van der Waals surface area contributed by atoms with Crippen molar-refractivity contribution in [3.8, 4) is 0 Å². The smallest absolute Gasteiger partial charge is 0.220 e. The van der Waals surface area contributed by atoms with Crippen LogP contribution in [0.25, 0.3) is 0 Å². The zero-order valence-corrected chi connectivity index (χ0v) is 7.99. The lowest BCUT2D eigenvalue weighted by Gasteiger charge is -1.95. The van der Waals surface area contributed by atoms with Gasteiger partial charge in [-0.25, -0.2) is 0 Å². The maximum Gasteiger partial charge on any atom is 0.220 e. The molecule has 13 heavy (non-hydrogen) atoms.